The van der Waals surface area contributed by atoms with Gasteiger partial charge >= 0.3 is 5.97 Å². The average molecular weight is 721 g/mol. The van der Waals surface area contributed by atoms with Gasteiger partial charge in [-0.2, -0.15) is 0 Å². The molecule has 1 heterocycles. The van der Waals surface area contributed by atoms with E-state index in [1.54, 1.807) is 24.3 Å². The molecule has 2 N–H and O–H groups in total. The van der Waals surface area contributed by atoms with Crippen molar-refractivity contribution in [1.29, 1.82) is 10.8 Å². The van der Waals surface area contributed by atoms with Gasteiger partial charge in [0, 0.05) is 36.1 Å². The zero-order valence-corrected chi connectivity index (χ0v) is 30.1. The second-order valence-corrected chi connectivity index (χ2v) is 12.6. The second kappa shape index (κ2) is 17.8. The molecule has 7 nitrogen and oxygen atoms in total. The third-order valence-corrected chi connectivity index (χ3v) is 8.96. The largest absolute Gasteiger partial charge is 0.493 e. The van der Waals surface area contributed by atoms with Crippen molar-refractivity contribution >= 4 is 29.2 Å². The topological polar surface area (TPSA) is 102 Å². The van der Waals surface area contributed by atoms with Crippen molar-refractivity contribution in [2.24, 2.45) is 0 Å². The Kier molecular flexibility index (Phi) is 12.3. The summed E-state index contributed by atoms with van der Waals surface area (Å²) < 4.78 is 36.2. The highest BCUT2D eigenvalue weighted by atomic mass is 19.1. The van der Waals surface area contributed by atoms with Crippen LogP contribution in [0.3, 0.4) is 0 Å². The van der Waals surface area contributed by atoms with Crippen LogP contribution in [-0.2, 0) is 16.0 Å². The number of aryl methyl sites for hydroxylation is 1. The molecule has 6 aromatic carbocycles. The fraction of sp³-hybridized carbons (Fsp3) is 0.152. The van der Waals surface area contributed by atoms with Crippen molar-refractivity contribution in [2.45, 2.75) is 26.2 Å². The van der Waals surface area contributed by atoms with Gasteiger partial charge in [-0.1, -0.05) is 86.7 Å². The van der Waals surface area contributed by atoms with Crippen molar-refractivity contribution in [2.75, 3.05) is 20.0 Å². The molecule has 1 aliphatic rings. The summed E-state index contributed by atoms with van der Waals surface area (Å²) in [5.41, 5.74) is 7.73. The smallest absolute Gasteiger partial charge is 0.330 e. The third kappa shape index (κ3) is 9.08. The number of benzene rings is 6. The van der Waals surface area contributed by atoms with Gasteiger partial charge in [0.25, 0.3) is 0 Å². The molecule has 0 unspecified atom stereocenters. The lowest BCUT2D eigenvalue weighted by atomic mass is 9.93. The fourth-order valence-electron chi connectivity index (χ4n) is 6.17. The Morgan fingerprint density at radius 3 is 2.20 bits per heavy atom. The summed E-state index contributed by atoms with van der Waals surface area (Å²) in [6.45, 7) is 6.48. The molecule has 0 bridgehead atoms. The third-order valence-electron chi connectivity index (χ3n) is 8.96. The summed E-state index contributed by atoms with van der Waals surface area (Å²) >= 11 is 0. The van der Waals surface area contributed by atoms with Gasteiger partial charge in [0.05, 0.1) is 13.2 Å². The molecule has 1 aliphatic heterocycles. The number of nitrogens with one attached hydrogen (secondary N) is 2. The van der Waals surface area contributed by atoms with Gasteiger partial charge in [0.2, 0.25) is 6.79 Å². The Labute approximate surface area is 314 Å². The second-order valence-electron chi connectivity index (χ2n) is 12.6. The van der Waals surface area contributed by atoms with E-state index in [0.29, 0.717) is 29.9 Å². The van der Waals surface area contributed by atoms with Crippen LogP contribution in [0.4, 0.5) is 4.39 Å². The molecule has 54 heavy (non-hydrogen) atoms. The highest BCUT2D eigenvalue weighted by Crippen LogP contribution is 2.34. The van der Waals surface area contributed by atoms with Crippen LogP contribution in [0.15, 0.2) is 128 Å². The van der Waals surface area contributed by atoms with E-state index in [1.807, 2.05) is 48.5 Å². The molecule has 0 spiro atoms. The Hall–Kier alpha value is -6.54. The Morgan fingerprint density at radius 2 is 1.44 bits per heavy atom. The van der Waals surface area contributed by atoms with Gasteiger partial charge in [0.15, 0.2) is 11.5 Å². The minimum absolute atomic E-state index is 0.256. The predicted octanol–water partition coefficient (Wildman–Crippen LogP) is 10.8. The van der Waals surface area contributed by atoms with Crippen molar-refractivity contribution in [3.63, 3.8) is 0 Å². The Morgan fingerprint density at radius 1 is 0.741 bits per heavy atom. The molecule has 7 rings (SSSR count). The van der Waals surface area contributed by atoms with Gasteiger partial charge in [-0.15, -0.1) is 0 Å². The molecule has 0 saturated heterocycles. The molecule has 8 heteroatoms. The molecule has 6 aromatic rings. The van der Waals surface area contributed by atoms with Gasteiger partial charge in [-0.25, -0.2) is 9.18 Å². The highest BCUT2D eigenvalue weighted by molar-refractivity contribution is 5.93. The van der Waals surface area contributed by atoms with Crippen LogP contribution in [0.25, 0.3) is 44.2 Å². The number of hydrogen-bond acceptors (Lipinski definition) is 7. The van der Waals surface area contributed by atoms with Crippen LogP contribution in [-0.4, -0.2) is 38.4 Å². The van der Waals surface area contributed by atoms with Crippen LogP contribution < -0.4 is 14.2 Å². The van der Waals surface area contributed by atoms with E-state index in [-0.39, 0.29) is 19.2 Å². The van der Waals surface area contributed by atoms with Crippen LogP contribution >= 0.6 is 0 Å². The molecule has 0 amide bonds. The van der Waals surface area contributed by atoms with Crippen molar-refractivity contribution < 1.29 is 28.1 Å². The van der Waals surface area contributed by atoms with Crippen LogP contribution in [0, 0.1) is 16.6 Å². The van der Waals surface area contributed by atoms with Crippen molar-refractivity contribution in [3.05, 3.63) is 150 Å². The molecule has 0 aliphatic carbocycles. The van der Waals surface area contributed by atoms with Crippen LogP contribution in [0.1, 0.15) is 36.5 Å². The number of carbonyl (C=O) groups is 1. The maximum Gasteiger partial charge on any atom is 0.330 e. The summed E-state index contributed by atoms with van der Waals surface area (Å²) in [6, 6.07) is 36.9. The Balaban J connectivity index is 0.000000384. The minimum atomic E-state index is -0.454. The molecule has 272 valence electrons. The summed E-state index contributed by atoms with van der Waals surface area (Å²) in [5.74, 6) is 1.35. The quantitative estimate of drug-likeness (QED) is 0.0535. The predicted molar refractivity (Wildman–Crippen MR) is 214 cm³/mol. The number of carbonyl (C=O) groups excluding carboxylic acids is 1. The first-order valence-electron chi connectivity index (χ1n) is 17.8. The van der Waals surface area contributed by atoms with E-state index in [0.717, 1.165) is 63.8 Å². The lowest BCUT2D eigenvalue weighted by molar-refractivity contribution is -0.137. The van der Waals surface area contributed by atoms with Gasteiger partial charge in [0.1, 0.15) is 11.6 Å². The van der Waals surface area contributed by atoms with Crippen LogP contribution in [0.2, 0.25) is 0 Å². The molecule has 0 radical (unpaired) electrons. The molecule has 0 atom stereocenters. The Bertz CT molecular complexity index is 2300. The van der Waals surface area contributed by atoms with E-state index in [4.69, 9.17) is 29.8 Å². The van der Waals surface area contributed by atoms with E-state index in [2.05, 4.69) is 49.9 Å². The highest BCUT2D eigenvalue weighted by Gasteiger charge is 2.13. The zero-order valence-electron chi connectivity index (χ0n) is 30.1. The molecular formula is C46H41FN2O5. The number of fused-ring (bicyclic) bond motifs is 2. The number of rotatable bonds is 13. The van der Waals surface area contributed by atoms with Crippen molar-refractivity contribution in [3.8, 4) is 50.6 Å². The monoisotopic (exact) mass is 720 g/mol. The number of esters is 1. The number of ether oxygens (including phenoxy) is 4. The summed E-state index contributed by atoms with van der Waals surface area (Å²) in [6.07, 6.45) is 6.48. The summed E-state index contributed by atoms with van der Waals surface area (Å²) in [5, 5.41) is 17.5. The lowest BCUT2D eigenvalue weighted by Gasteiger charge is -2.12. The van der Waals surface area contributed by atoms with E-state index in [9.17, 15) is 4.79 Å². The maximum absolute atomic E-state index is 15.4. The van der Waals surface area contributed by atoms with Gasteiger partial charge in [-0.3, -0.25) is 0 Å². The summed E-state index contributed by atoms with van der Waals surface area (Å²) in [7, 11) is 0. The molecule has 0 saturated carbocycles. The fourth-order valence-corrected chi connectivity index (χ4v) is 6.17. The standard InChI is InChI=1S/C38H34FNO3.C8H7NO2/c1-3-6-26-7-8-29-22-30(10-9-28(29)21-26)31-13-17-35(33(23-31)25-40)32-14-18-36(37(39)24-32)27-11-15-34(16-12-27)42-19-5-20-43-38(41)4-2;9-4-6-1-2-7-8(3-6)11-5-10-7/h4,7-18,21-25,40H,2-3,5-6,19-20H2,1H3;1-4,9H,5H2. The molecular weight excluding hydrogens is 680 g/mol. The normalized spacial score (nSPS) is 11.3. The molecule has 0 aromatic heterocycles. The van der Waals surface area contributed by atoms with E-state index in [1.165, 1.54) is 34.8 Å². The average Bonchev–Trinajstić information content (AvgIpc) is 3.69. The first kappa shape index (κ1) is 37.2. The number of hydrogen-bond donors (Lipinski definition) is 2. The van der Waals surface area contributed by atoms with Gasteiger partial charge < -0.3 is 29.8 Å². The zero-order chi connectivity index (χ0) is 37.9. The minimum Gasteiger partial charge on any atom is -0.493 e. The SMILES string of the molecule is C=CC(=O)OCCCOc1ccc(-c2ccc(-c3ccc(-c4ccc5cc(CCC)ccc5c4)cc3C=N)cc2F)cc1.N=Cc1ccc2c(c1)OCO2. The van der Waals surface area contributed by atoms with Crippen molar-refractivity contribution in [1.82, 2.24) is 0 Å². The van der Waals surface area contributed by atoms with E-state index < -0.39 is 5.97 Å². The van der Waals surface area contributed by atoms with E-state index >= 15 is 4.39 Å². The number of halogens is 1. The van der Waals surface area contributed by atoms with Gasteiger partial charge in [-0.05, 0) is 105 Å². The lowest BCUT2D eigenvalue weighted by Crippen LogP contribution is -2.06. The molecule has 0 fully saturated rings. The van der Waals surface area contributed by atoms with Crippen LogP contribution in [0.5, 0.6) is 17.2 Å². The first-order valence-corrected chi connectivity index (χ1v) is 17.8. The summed E-state index contributed by atoms with van der Waals surface area (Å²) in [4.78, 5) is 11.1. The first-order chi connectivity index (χ1) is 26.4. The maximum atomic E-state index is 15.4.